The SMILES string of the molecule is COC(=O)[C@@H]1CCCC[C@@H]1C(=O)N1CCC[C@@H](NC(C)=O)C1. The number of methoxy groups -OCH3 is 1. The Morgan fingerprint density at radius 1 is 1.05 bits per heavy atom. The summed E-state index contributed by atoms with van der Waals surface area (Å²) in [4.78, 5) is 37.8. The average molecular weight is 310 g/mol. The lowest BCUT2D eigenvalue weighted by atomic mass is 9.78. The average Bonchev–Trinajstić information content (AvgIpc) is 2.53. The van der Waals surface area contributed by atoms with Crippen LogP contribution >= 0.6 is 0 Å². The van der Waals surface area contributed by atoms with Crippen molar-refractivity contribution in [3.8, 4) is 0 Å². The normalized spacial score (nSPS) is 28.8. The number of ether oxygens (including phenoxy) is 1. The highest BCUT2D eigenvalue weighted by atomic mass is 16.5. The molecule has 3 atom stereocenters. The molecule has 1 aliphatic carbocycles. The van der Waals surface area contributed by atoms with E-state index in [4.69, 9.17) is 4.74 Å². The maximum atomic E-state index is 12.8. The molecule has 0 bridgehead atoms. The summed E-state index contributed by atoms with van der Waals surface area (Å²) < 4.78 is 4.86. The highest BCUT2D eigenvalue weighted by Crippen LogP contribution is 2.33. The Bertz CT molecular complexity index is 438. The third-order valence-corrected chi connectivity index (χ3v) is 4.73. The number of hydrogen-bond donors (Lipinski definition) is 1. The molecule has 2 aliphatic rings. The van der Waals surface area contributed by atoms with Crippen LogP contribution in [0.2, 0.25) is 0 Å². The molecule has 0 aromatic carbocycles. The molecule has 0 spiro atoms. The van der Waals surface area contributed by atoms with Crippen molar-refractivity contribution in [1.82, 2.24) is 10.2 Å². The monoisotopic (exact) mass is 310 g/mol. The Kier molecular flexibility index (Phi) is 5.80. The summed E-state index contributed by atoms with van der Waals surface area (Å²) in [5.41, 5.74) is 0. The van der Waals surface area contributed by atoms with Gasteiger partial charge in [0.2, 0.25) is 11.8 Å². The number of amides is 2. The molecule has 6 heteroatoms. The minimum Gasteiger partial charge on any atom is -0.469 e. The van der Waals surface area contributed by atoms with Gasteiger partial charge in [-0.1, -0.05) is 12.8 Å². The van der Waals surface area contributed by atoms with E-state index >= 15 is 0 Å². The molecule has 1 aliphatic heterocycles. The number of nitrogens with one attached hydrogen (secondary N) is 1. The third-order valence-electron chi connectivity index (χ3n) is 4.73. The van der Waals surface area contributed by atoms with Gasteiger partial charge in [-0.25, -0.2) is 0 Å². The van der Waals surface area contributed by atoms with E-state index in [1.165, 1.54) is 14.0 Å². The Morgan fingerprint density at radius 3 is 2.36 bits per heavy atom. The molecule has 0 aromatic rings. The molecule has 1 saturated heterocycles. The maximum Gasteiger partial charge on any atom is 0.309 e. The molecule has 1 N–H and O–H groups in total. The van der Waals surface area contributed by atoms with Gasteiger partial charge in [-0.15, -0.1) is 0 Å². The predicted octanol–water partition coefficient (Wildman–Crippen LogP) is 1.09. The lowest BCUT2D eigenvalue weighted by molar-refractivity contribution is -0.155. The summed E-state index contributed by atoms with van der Waals surface area (Å²) >= 11 is 0. The number of likely N-dealkylation sites (tertiary alicyclic amines) is 1. The molecule has 2 amide bonds. The molecule has 22 heavy (non-hydrogen) atoms. The summed E-state index contributed by atoms with van der Waals surface area (Å²) in [6, 6.07) is 0.0235. The number of nitrogens with zero attached hydrogens (tertiary/aromatic N) is 1. The van der Waals surface area contributed by atoms with E-state index in [2.05, 4.69) is 5.32 Å². The fourth-order valence-electron chi connectivity index (χ4n) is 3.68. The summed E-state index contributed by atoms with van der Waals surface area (Å²) in [5.74, 6) is -0.868. The second-order valence-electron chi connectivity index (χ2n) is 6.34. The smallest absolute Gasteiger partial charge is 0.309 e. The van der Waals surface area contributed by atoms with Gasteiger partial charge < -0.3 is 15.0 Å². The summed E-state index contributed by atoms with van der Waals surface area (Å²) in [7, 11) is 1.38. The fourth-order valence-corrected chi connectivity index (χ4v) is 3.68. The molecule has 2 fully saturated rings. The Morgan fingerprint density at radius 2 is 1.73 bits per heavy atom. The largest absolute Gasteiger partial charge is 0.469 e. The van der Waals surface area contributed by atoms with Gasteiger partial charge >= 0.3 is 5.97 Å². The van der Waals surface area contributed by atoms with Gasteiger partial charge in [-0.05, 0) is 25.7 Å². The van der Waals surface area contributed by atoms with Gasteiger partial charge in [0.15, 0.2) is 0 Å². The van der Waals surface area contributed by atoms with Crippen molar-refractivity contribution in [2.75, 3.05) is 20.2 Å². The first-order valence-electron chi connectivity index (χ1n) is 8.16. The minimum absolute atomic E-state index is 0.0235. The van der Waals surface area contributed by atoms with Crippen molar-refractivity contribution in [3.63, 3.8) is 0 Å². The van der Waals surface area contributed by atoms with Crippen molar-refractivity contribution in [3.05, 3.63) is 0 Å². The minimum atomic E-state index is -0.313. The third kappa shape index (κ3) is 3.99. The van der Waals surface area contributed by atoms with Crippen LogP contribution in [0.25, 0.3) is 0 Å². The van der Waals surface area contributed by atoms with E-state index in [0.29, 0.717) is 13.1 Å². The second-order valence-corrected chi connectivity index (χ2v) is 6.34. The standard InChI is InChI=1S/C16H26N2O4/c1-11(19)17-12-6-5-9-18(10-12)15(20)13-7-3-4-8-14(13)16(21)22-2/h12-14H,3-10H2,1-2H3,(H,17,19)/t12-,13+,14-/m1/s1. The number of esters is 1. The molecule has 0 aromatic heterocycles. The first-order valence-corrected chi connectivity index (χ1v) is 8.16. The van der Waals surface area contributed by atoms with Crippen molar-refractivity contribution in [2.45, 2.75) is 51.5 Å². The van der Waals surface area contributed by atoms with Gasteiger partial charge in [0.05, 0.1) is 18.9 Å². The lowest BCUT2D eigenvalue weighted by Crippen LogP contribution is -2.52. The lowest BCUT2D eigenvalue weighted by Gasteiger charge is -2.37. The molecule has 1 saturated carbocycles. The highest BCUT2D eigenvalue weighted by molar-refractivity contribution is 5.85. The van der Waals surface area contributed by atoms with Crippen LogP contribution in [0.3, 0.4) is 0 Å². The summed E-state index contributed by atoms with van der Waals surface area (Å²) in [5, 5.41) is 2.89. The van der Waals surface area contributed by atoms with Crippen molar-refractivity contribution >= 4 is 17.8 Å². The van der Waals surface area contributed by atoms with Crippen LogP contribution in [0.5, 0.6) is 0 Å². The number of rotatable bonds is 3. The molecule has 124 valence electrons. The zero-order chi connectivity index (χ0) is 16.1. The van der Waals surface area contributed by atoms with Crippen molar-refractivity contribution in [2.24, 2.45) is 11.8 Å². The molecule has 0 unspecified atom stereocenters. The van der Waals surface area contributed by atoms with Gasteiger partial charge in [0.25, 0.3) is 0 Å². The molecular weight excluding hydrogens is 284 g/mol. The molecule has 1 heterocycles. The van der Waals surface area contributed by atoms with Crippen LogP contribution in [-0.4, -0.2) is 48.9 Å². The second kappa shape index (κ2) is 7.61. The molecular formula is C16H26N2O4. The Balaban J connectivity index is 2.01. The first-order chi connectivity index (χ1) is 10.5. The number of carbonyl (C=O) groups excluding carboxylic acids is 3. The Labute approximate surface area is 131 Å². The van der Waals surface area contributed by atoms with E-state index < -0.39 is 0 Å². The van der Waals surface area contributed by atoms with Crippen molar-refractivity contribution in [1.29, 1.82) is 0 Å². The van der Waals surface area contributed by atoms with E-state index in [-0.39, 0.29) is 35.7 Å². The quantitative estimate of drug-likeness (QED) is 0.792. The summed E-state index contributed by atoms with van der Waals surface area (Å²) in [6.07, 6.45) is 5.21. The summed E-state index contributed by atoms with van der Waals surface area (Å²) in [6.45, 7) is 2.75. The van der Waals surface area contributed by atoms with Crippen LogP contribution in [0, 0.1) is 11.8 Å². The molecule has 2 rings (SSSR count). The van der Waals surface area contributed by atoms with E-state index in [0.717, 1.165) is 38.5 Å². The van der Waals surface area contributed by atoms with E-state index in [1.54, 1.807) is 0 Å². The number of carbonyl (C=O) groups is 3. The van der Waals surface area contributed by atoms with Gasteiger partial charge in [-0.3, -0.25) is 14.4 Å². The zero-order valence-corrected chi connectivity index (χ0v) is 13.5. The van der Waals surface area contributed by atoms with E-state index in [9.17, 15) is 14.4 Å². The maximum absolute atomic E-state index is 12.8. The van der Waals surface area contributed by atoms with Gasteiger partial charge in [0.1, 0.15) is 0 Å². The topological polar surface area (TPSA) is 75.7 Å². The highest BCUT2D eigenvalue weighted by Gasteiger charge is 2.39. The van der Waals surface area contributed by atoms with Gasteiger partial charge in [0, 0.05) is 26.1 Å². The van der Waals surface area contributed by atoms with E-state index in [1.807, 2.05) is 4.90 Å². The molecule has 6 nitrogen and oxygen atoms in total. The van der Waals surface area contributed by atoms with Crippen LogP contribution in [0.4, 0.5) is 0 Å². The van der Waals surface area contributed by atoms with Crippen LogP contribution in [-0.2, 0) is 19.1 Å². The number of hydrogen-bond acceptors (Lipinski definition) is 4. The van der Waals surface area contributed by atoms with Crippen LogP contribution < -0.4 is 5.32 Å². The molecule has 0 radical (unpaired) electrons. The van der Waals surface area contributed by atoms with Gasteiger partial charge in [-0.2, -0.15) is 0 Å². The van der Waals surface area contributed by atoms with Crippen molar-refractivity contribution < 1.29 is 19.1 Å². The zero-order valence-electron chi connectivity index (χ0n) is 13.5. The predicted molar refractivity (Wildman–Crippen MR) is 80.9 cm³/mol. The first kappa shape index (κ1) is 16.8. The Hall–Kier alpha value is -1.59. The fraction of sp³-hybridized carbons (Fsp3) is 0.812. The van der Waals surface area contributed by atoms with Crippen LogP contribution in [0.1, 0.15) is 45.4 Å². The van der Waals surface area contributed by atoms with Crippen LogP contribution in [0.15, 0.2) is 0 Å². The number of piperidine rings is 1.